The first-order valence-corrected chi connectivity index (χ1v) is 7.13. The van der Waals surface area contributed by atoms with Crippen molar-refractivity contribution in [2.75, 3.05) is 18.4 Å². The molecule has 1 fully saturated rings. The molecule has 1 amide bonds. The molecule has 0 radical (unpaired) electrons. The number of likely N-dealkylation sites (tertiary alicyclic amines) is 1. The van der Waals surface area contributed by atoms with Crippen LogP contribution in [-0.2, 0) is 0 Å². The SMILES string of the molecule is CCCNc1cccc(C(=O)N2CC(C)CC2C)n1. The lowest BCUT2D eigenvalue weighted by Crippen LogP contribution is -2.34. The highest BCUT2D eigenvalue weighted by molar-refractivity contribution is 5.93. The number of nitrogens with zero attached hydrogens (tertiary/aromatic N) is 2. The second-order valence-electron chi connectivity index (χ2n) is 5.48. The summed E-state index contributed by atoms with van der Waals surface area (Å²) in [5.74, 6) is 1.42. The summed E-state index contributed by atoms with van der Waals surface area (Å²) in [6, 6.07) is 5.91. The maximum atomic E-state index is 12.5. The molecule has 1 aliphatic heterocycles. The smallest absolute Gasteiger partial charge is 0.272 e. The number of pyridine rings is 1. The van der Waals surface area contributed by atoms with E-state index in [9.17, 15) is 4.79 Å². The van der Waals surface area contributed by atoms with E-state index < -0.39 is 0 Å². The van der Waals surface area contributed by atoms with Gasteiger partial charge >= 0.3 is 0 Å². The van der Waals surface area contributed by atoms with Crippen LogP contribution in [0.3, 0.4) is 0 Å². The number of carbonyl (C=O) groups is 1. The van der Waals surface area contributed by atoms with Crippen LogP contribution in [0.1, 0.15) is 44.1 Å². The molecule has 1 N–H and O–H groups in total. The lowest BCUT2D eigenvalue weighted by atomic mass is 10.1. The molecule has 0 bridgehead atoms. The normalized spacial score (nSPS) is 22.6. The van der Waals surface area contributed by atoms with Crippen molar-refractivity contribution < 1.29 is 4.79 Å². The minimum absolute atomic E-state index is 0.0528. The Bertz CT molecular complexity index is 447. The first-order valence-electron chi connectivity index (χ1n) is 7.13. The van der Waals surface area contributed by atoms with Crippen LogP contribution < -0.4 is 5.32 Å². The predicted octanol–water partition coefficient (Wildman–Crippen LogP) is 2.77. The van der Waals surface area contributed by atoms with E-state index in [-0.39, 0.29) is 5.91 Å². The molecule has 4 heteroatoms. The number of hydrogen-bond acceptors (Lipinski definition) is 3. The van der Waals surface area contributed by atoms with E-state index in [0.29, 0.717) is 17.7 Å². The molecule has 104 valence electrons. The molecule has 1 aromatic heterocycles. The average molecular weight is 261 g/mol. The third kappa shape index (κ3) is 3.25. The van der Waals surface area contributed by atoms with Crippen molar-refractivity contribution in [1.29, 1.82) is 0 Å². The minimum Gasteiger partial charge on any atom is -0.370 e. The first kappa shape index (κ1) is 13.8. The number of carbonyl (C=O) groups excluding carboxylic acids is 1. The molecule has 1 aromatic rings. The van der Waals surface area contributed by atoms with Gasteiger partial charge in [-0.05, 0) is 37.8 Å². The largest absolute Gasteiger partial charge is 0.370 e. The zero-order valence-corrected chi connectivity index (χ0v) is 12.0. The molecule has 4 nitrogen and oxygen atoms in total. The summed E-state index contributed by atoms with van der Waals surface area (Å²) in [7, 11) is 0. The van der Waals surface area contributed by atoms with Gasteiger partial charge in [0, 0.05) is 19.1 Å². The third-order valence-electron chi connectivity index (χ3n) is 3.57. The van der Waals surface area contributed by atoms with E-state index in [4.69, 9.17) is 0 Å². The number of hydrogen-bond donors (Lipinski definition) is 1. The molecule has 0 spiro atoms. The standard InChI is InChI=1S/C15H23N3O/c1-4-8-16-14-7-5-6-13(17-14)15(19)18-10-11(2)9-12(18)3/h5-7,11-12H,4,8-10H2,1-3H3,(H,16,17). The van der Waals surface area contributed by atoms with E-state index in [0.717, 1.165) is 31.7 Å². The highest BCUT2D eigenvalue weighted by Crippen LogP contribution is 2.24. The van der Waals surface area contributed by atoms with Crippen molar-refractivity contribution in [3.05, 3.63) is 23.9 Å². The number of amides is 1. The summed E-state index contributed by atoms with van der Waals surface area (Å²) in [5.41, 5.74) is 0.544. The molecule has 2 unspecified atom stereocenters. The van der Waals surface area contributed by atoms with Crippen LogP contribution in [0.4, 0.5) is 5.82 Å². The van der Waals surface area contributed by atoms with Crippen molar-refractivity contribution in [2.24, 2.45) is 5.92 Å². The molecule has 1 aliphatic rings. The van der Waals surface area contributed by atoms with Crippen LogP contribution in [0, 0.1) is 5.92 Å². The fourth-order valence-electron chi connectivity index (χ4n) is 2.64. The van der Waals surface area contributed by atoms with Gasteiger partial charge in [-0.3, -0.25) is 4.79 Å². The van der Waals surface area contributed by atoms with Crippen molar-refractivity contribution in [3.63, 3.8) is 0 Å². The second-order valence-corrected chi connectivity index (χ2v) is 5.48. The van der Waals surface area contributed by atoms with Crippen LogP contribution in [0.5, 0.6) is 0 Å². The van der Waals surface area contributed by atoms with E-state index >= 15 is 0 Å². The summed E-state index contributed by atoms with van der Waals surface area (Å²) in [5, 5.41) is 3.22. The quantitative estimate of drug-likeness (QED) is 0.906. The molecule has 2 heterocycles. The molecule has 0 aliphatic carbocycles. The summed E-state index contributed by atoms with van der Waals surface area (Å²) in [4.78, 5) is 18.8. The number of rotatable bonds is 4. The van der Waals surface area contributed by atoms with Crippen LogP contribution in [0.25, 0.3) is 0 Å². The van der Waals surface area contributed by atoms with Gasteiger partial charge in [-0.25, -0.2) is 4.98 Å². The minimum atomic E-state index is 0.0528. The molecule has 1 saturated heterocycles. The van der Waals surface area contributed by atoms with Crippen LogP contribution in [-0.4, -0.2) is 34.9 Å². The van der Waals surface area contributed by atoms with Gasteiger partial charge in [-0.2, -0.15) is 0 Å². The fourth-order valence-corrected chi connectivity index (χ4v) is 2.64. The first-order chi connectivity index (χ1) is 9.11. The van der Waals surface area contributed by atoms with Crippen LogP contribution in [0.2, 0.25) is 0 Å². The molecular weight excluding hydrogens is 238 g/mol. The monoisotopic (exact) mass is 261 g/mol. The zero-order valence-electron chi connectivity index (χ0n) is 12.0. The van der Waals surface area contributed by atoms with Gasteiger partial charge in [0.15, 0.2) is 0 Å². The Morgan fingerprint density at radius 3 is 2.89 bits per heavy atom. The Hall–Kier alpha value is -1.58. The summed E-state index contributed by atoms with van der Waals surface area (Å²) >= 11 is 0. The Kier molecular flexibility index (Phi) is 4.40. The van der Waals surface area contributed by atoms with Gasteiger partial charge in [0.05, 0.1) is 0 Å². The number of anilines is 1. The van der Waals surface area contributed by atoms with E-state index in [1.807, 2.05) is 17.0 Å². The van der Waals surface area contributed by atoms with Crippen LogP contribution >= 0.6 is 0 Å². The zero-order chi connectivity index (χ0) is 13.8. The van der Waals surface area contributed by atoms with Gasteiger partial charge < -0.3 is 10.2 Å². The lowest BCUT2D eigenvalue weighted by molar-refractivity contribution is 0.0738. The average Bonchev–Trinajstić information content (AvgIpc) is 2.75. The molecule has 0 aromatic carbocycles. The van der Waals surface area contributed by atoms with Gasteiger partial charge in [-0.15, -0.1) is 0 Å². The van der Waals surface area contributed by atoms with Crippen molar-refractivity contribution in [1.82, 2.24) is 9.88 Å². The van der Waals surface area contributed by atoms with Crippen molar-refractivity contribution in [2.45, 2.75) is 39.7 Å². The fraction of sp³-hybridized carbons (Fsp3) is 0.600. The van der Waals surface area contributed by atoms with Gasteiger partial charge in [0.2, 0.25) is 0 Å². The van der Waals surface area contributed by atoms with Crippen LogP contribution in [0.15, 0.2) is 18.2 Å². The van der Waals surface area contributed by atoms with Crippen molar-refractivity contribution >= 4 is 11.7 Å². The predicted molar refractivity (Wildman–Crippen MR) is 77.3 cm³/mol. The van der Waals surface area contributed by atoms with E-state index in [2.05, 4.69) is 31.1 Å². The molecule has 2 atom stereocenters. The van der Waals surface area contributed by atoms with Gasteiger partial charge in [0.25, 0.3) is 5.91 Å². The molecule has 0 saturated carbocycles. The topological polar surface area (TPSA) is 45.2 Å². The van der Waals surface area contributed by atoms with E-state index in [1.54, 1.807) is 6.07 Å². The summed E-state index contributed by atoms with van der Waals surface area (Å²) < 4.78 is 0. The van der Waals surface area contributed by atoms with Gasteiger partial charge in [-0.1, -0.05) is 19.9 Å². The molecular formula is C15H23N3O. The number of nitrogens with one attached hydrogen (secondary N) is 1. The van der Waals surface area contributed by atoms with E-state index in [1.165, 1.54) is 0 Å². The highest BCUT2D eigenvalue weighted by atomic mass is 16.2. The van der Waals surface area contributed by atoms with Gasteiger partial charge in [0.1, 0.15) is 11.5 Å². The molecule has 2 rings (SSSR count). The Morgan fingerprint density at radius 2 is 2.26 bits per heavy atom. The Labute approximate surface area is 115 Å². The Morgan fingerprint density at radius 1 is 1.47 bits per heavy atom. The molecule has 19 heavy (non-hydrogen) atoms. The lowest BCUT2D eigenvalue weighted by Gasteiger charge is -2.21. The number of aromatic nitrogens is 1. The summed E-state index contributed by atoms with van der Waals surface area (Å²) in [6.45, 7) is 8.13. The maximum Gasteiger partial charge on any atom is 0.272 e. The van der Waals surface area contributed by atoms with Crippen molar-refractivity contribution in [3.8, 4) is 0 Å². The third-order valence-corrected chi connectivity index (χ3v) is 3.57. The summed E-state index contributed by atoms with van der Waals surface area (Å²) in [6.07, 6.45) is 2.13. The Balaban J connectivity index is 2.10. The highest BCUT2D eigenvalue weighted by Gasteiger charge is 2.31. The second kappa shape index (κ2) is 6.04. The maximum absolute atomic E-state index is 12.5.